The van der Waals surface area contributed by atoms with E-state index in [9.17, 15) is 0 Å². The number of tetrazole rings is 1. The van der Waals surface area contributed by atoms with E-state index >= 15 is 0 Å². The Morgan fingerprint density at radius 2 is 1.81 bits per heavy atom. The first-order chi connectivity index (χ1) is 15.7. The van der Waals surface area contributed by atoms with Crippen LogP contribution in [0.2, 0.25) is 0 Å². The normalized spacial score (nSPS) is 12.2. The molecule has 0 spiro atoms. The maximum Gasteiger partial charge on any atom is 0.180 e. The Morgan fingerprint density at radius 3 is 2.50 bits per heavy atom. The summed E-state index contributed by atoms with van der Waals surface area (Å²) in [6, 6.07) is 16.6. The topological polar surface area (TPSA) is 85.2 Å². The van der Waals surface area contributed by atoms with E-state index in [0.29, 0.717) is 24.2 Å². The molecule has 0 bridgehead atoms. The molecule has 0 fully saturated rings. The predicted octanol–water partition coefficient (Wildman–Crippen LogP) is 5.08. The molecule has 4 rings (SSSR count). The molecule has 0 saturated carbocycles. The Balaban J connectivity index is 1.54. The molecular weight excluding hydrogens is 418 g/mol. The Bertz CT molecular complexity index is 1130. The first kappa shape index (κ1) is 22.0. The standard InChI is InChI=1S/C24H27N7S/c1-17(2)7-10-20(13-14-32)24-25-16-26-31(24)15-18-8-11-19(12-9-18)21-5-3-4-6-22(21)23-27-29-30-28-23/h3-6,8-9,11-12,14,16-17,20H,7,10,13,15H2,1-2H3,(H,27,28,29,30). The van der Waals surface area contributed by atoms with E-state index in [1.807, 2.05) is 28.2 Å². The molecule has 0 saturated heterocycles. The van der Waals surface area contributed by atoms with Crippen molar-refractivity contribution in [2.75, 3.05) is 0 Å². The van der Waals surface area contributed by atoms with Gasteiger partial charge >= 0.3 is 0 Å². The molecule has 0 aliphatic rings. The molecule has 32 heavy (non-hydrogen) atoms. The van der Waals surface area contributed by atoms with Crippen LogP contribution in [-0.4, -0.2) is 40.8 Å². The fraction of sp³-hybridized carbons (Fsp3) is 0.333. The van der Waals surface area contributed by atoms with Crippen LogP contribution < -0.4 is 0 Å². The van der Waals surface area contributed by atoms with E-state index in [0.717, 1.165) is 41.8 Å². The van der Waals surface area contributed by atoms with Gasteiger partial charge in [-0.05, 0) is 51.2 Å². The highest BCUT2D eigenvalue weighted by Gasteiger charge is 2.18. The Morgan fingerprint density at radius 1 is 1.03 bits per heavy atom. The molecule has 8 heteroatoms. The summed E-state index contributed by atoms with van der Waals surface area (Å²) in [5.41, 5.74) is 4.32. The molecule has 0 amide bonds. The summed E-state index contributed by atoms with van der Waals surface area (Å²) in [5, 5.41) is 20.6. The molecule has 2 heterocycles. The molecule has 7 nitrogen and oxygen atoms in total. The van der Waals surface area contributed by atoms with Crippen molar-refractivity contribution >= 4 is 17.6 Å². The molecule has 2 aromatic carbocycles. The number of nitrogens with zero attached hydrogens (tertiary/aromatic N) is 6. The minimum atomic E-state index is 0.305. The molecule has 0 aliphatic heterocycles. The monoisotopic (exact) mass is 445 g/mol. The number of aromatic amines is 1. The number of hydrogen-bond acceptors (Lipinski definition) is 6. The molecule has 1 atom stereocenters. The van der Waals surface area contributed by atoms with Crippen molar-refractivity contribution in [3.63, 3.8) is 0 Å². The molecule has 164 valence electrons. The van der Waals surface area contributed by atoms with Crippen LogP contribution in [0.15, 0.2) is 54.9 Å². The van der Waals surface area contributed by atoms with Crippen molar-refractivity contribution in [1.29, 1.82) is 0 Å². The second-order valence-corrected chi connectivity index (χ2v) is 8.67. The zero-order valence-electron chi connectivity index (χ0n) is 18.3. The quantitative estimate of drug-likeness (QED) is 0.343. The van der Waals surface area contributed by atoms with Crippen LogP contribution in [0.4, 0.5) is 0 Å². The minimum absolute atomic E-state index is 0.305. The molecule has 1 unspecified atom stereocenters. The largest absolute Gasteiger partial charge is 0.245 e. The van der Waals surface area contributed by atoms with Gasteiger partial charge in [0.2, 0.25) is 0 Å². The molecule has 0 aliphatic carbocycles. The van der Waals surface area contributed by atoms with Crippen LogP contribution in [0.5, 0.6) is 0 Å². The fourth-order valence-corrected chi connectivity index (χ4v) is 4.12. The SMILES string of the molecule is CC(C)CCC(CC=S)c1ncnn1Cc1ccc(-c2ccccc2-c2nnn[nH]2)cc1. The van der Waals surface area contributed by atoms with Gasteiger partial charge in [0.1, 0.15) is 12.2 Å². The third kappa shape index (κ3) is 5.13. The van der Waals surface area contributed by atoms with Crippen LogP contribution in [0.3, 0.4) is 0 Å². The van der Waals surface area contributed by atoms with E-state index in [2.05, 4.69) is 74.9 Å². The van der Waals surface area contributed by atoms with Gasteiger partial charge in [0.15, 0.2) is 5.82 Å². The smallest absolute Gasteiger partial charge is 0.180 e. The van der Waals surface area contributed by atoms with Gasteiger partial charge in [-0.1, -0.05) is 81.0 Å². The molecule has 1 N–H and O–H groups in total. The summed E-state index contributed by atoms with van der Waals surface area (Å²) in [7, 11) is 0. The van der Waals surface area contributed by atoms with Crippen LogP contribution in [0.1, 0.15) is 50.4 Å². The summed E-state index contributed by atoms with van der Waals surface area (Å²) in [4.78, 5) is 4.58. The first-order valence-electron chi connectivity index (χ1n) is 10.9. The molecule has 2 aromatic heterocycles. The van der Waals surface area contributed by atoms with Gasteiger partial charge < -0.3 is 0 Å². The molecule has 0 radical (unpaired) electrons. The van der Waals surface area contributed by atoms with Crippen molar-refractivity contribution in [1.82, 2.24) is 35.4 Å². The average Bonchev–Trinajstić information content (AvgIpc) is 3.50. The van der Waals surface area contributed by atoms with Crippen molar-refractivity contribution in [2.45, 2.75) is 45.6 Å². The van der Waals surface area contributed by atoms with E-state index in [1.54, 1.807) is 6.33 Å². The number of benzene rings is 2. The average molecular weight is 446 g/mol. The number of rotatable bonds is 10. The van der Waals surface area contributed by atoms with Crippen molar-refractivity contribution < 1.29 is 0 Å². The highest BCUT2D eigenvalue weighted by molar-refractivity contribution is 7.78. The van der Waals surface area contributed by atoms with E-state index < -0.39 is 0 Å². The number of H-pyrrole nitrogens is 1. The van der Waals surface area contributed by atoms with Gasteiger partial charge in [0, 0.05) is 11.5 Å². The van der Waals surface area contributed by atoms with Crippen LogP contribution in [-0.2, 0) is 6.54 Å². The van der Waals surface area contributed by atoms with E-state index in [-0.39, 0.29) is 0 Å². The maximum atomic E-state index is 5.16. The van der Waals surface area contributed by atoms with Gasteiger partial charge in [0.05, 0.1) is 6.54 Å². The Labute approximate surface area is 193 Å². The van der Waals surface area contributed by atoms with Crippen LogP contribution >= 0.6 is 12.2 Å². The van der Waals surface area contributed by atoms with Crippen molar-refractivity contribution in [3.8, 4) is 22.5 Å². The number of nitrogens with one attached hydrogen (secondary N) is 1. The van der Waals surface area contributed by atoms with Crippen LogP contribution in [0.25, 0.3) is 22.5 Å². The minimum Gasteiger partial charge on any atom is -0.245 e. The van der Waals surface area contributed by atoms with Crippen LogP contribution in [0, 0.1) is 5.92 Å². The lowest BCUT2D eigenvalue weighted by Crippen LogP contribution is -2.13. The second-order valence-electron chi connectivity index (χ2n) is 8.34. The van der Waals surface area contributed by atoms with Gasteiger partial charge in [0.25, 0.3) is 0 Å². The van der Waals surface area contributed by atoms with Gasteiger partial charge in [-0.25, -0.2) is 14.8 Å². The van der Waals surface area contributed by atoms with E-state index in [1.165, 1.54) is 5.56 Å². The zero-order chi connectivity index (χ0) is 22.3. The second kappa shape index (κ2) is 10.4. The number of hydrogen-bond donors (Lipinski definition) is 1. The lowest BCUT2D eigenvalue weighted by atomic mass is 9.95. The summed E-state index contributed by atoms with van der Waals surface area (Å²) >= 11 is 5.16. The number of thiocarbonyl (C=S) groups is 1. The zero-order valence-corrected chi connectivity index (χ0v) is 19.2. The molecule has 4 aromatic rings. The number of aromatic nitrogens is 7. The summed E-state index contributed by atoms with van der Waals surface area (Å²) in [6.07, 6.45) is 4.70. The first-order valence-corrected chi connectivity index (χ1v) is 11.4. The Hall–Kier alpha value is -3.26. The third-order valence-electron chi connectivity index (χ3n) is 5.61. The predicted molar refractivity (Wildman–Crippen MR) is 129 cm³/mol. The molecular formula is C24H27N7S. The maximum absolute atomic E-state index is 5.16. The third-order valence-corrected chi connectivity index (χ3v) is 5.80. The highest BCUT2D eigenvalue weighted by Crippen LogP contribution is 2.30. The fourth-order valence-electron chi connectivity index (χ4n) is 3.89. The highest BCUT2D eigenvalue weighted by atomic mass is 32.1. The van der Waals surface area contributed by atoms with Crippen molar-refractivity contribution in [3.05, 3.63) is 66.2 Å². The Kier molecular flexibility index (Phi) is 7.11. The lowest BCUT2D eigenvalue weighted by Gasteiger charge is -2.17. The summed E-state index contributed by atoms with van der Waals surface area (Å²) < 4.78 is 2.01. The van der Waals surface area contributed by atoms with Crippen molar-refractivity contribution in [2.24, 2.45) is 5.92 Å². The van der Waals surface area contributed by atoms with Gasteiger partial charge in [-0.15, -0.1) is 5.10 Å². The summed E-state index contributed by atoms with van der Waals surface area (Å²) in [6.45, 7) is 5.18. The lowest BCUT2D eigenvalue weighted by molar-refractivity contribution is 0.476. The van der Waals surface area contributed by atoms with Gasteiger partial charge in [-0.3, -0.25) is 0 Å². The van der Waals surface area contributed by atoms with Gasteiger partial charge in [-0.2, -0.15) is 5.10 Å². The van der Waals surface area contributed by atoms with E-state index in [4.69, 9.17) is 12.2 Å². The summed E-state index contributed by atoms with van der Waals surface area (Å²) in [5.74, 6) is 2.63.